The summed E-state index contributed by atoms with van der Waals surface area (Å²) < 4.78 is 18.7. The van der Waals surface area contributed by atoms with Crippen molar-refractivity contribution < 1.29 is 38.2 Å². The molecule has 68 heavy (non-hydrogen) atoms. The number of hydrogen-bond acceptors (Lipinski definition) is 10. The highest BCUT2D eigenvalue weighted by Crippen LogP contribution is 2.50. The van der Waals surface area contributed by atoms with Crippen LogP contribution >= 0.6 is 0 Å². The number of fused-ring (bicyclic) bond motifs is 2. The zero-order valence-corrected chi connectivity index (χ0v) is 41.8. The summed E-state index contributed by atoms with van der Waals surface area (Å²) in [4.78, 5) is 55.4. The largest absolute Gasteiger partial charge is 0.506 e. The van der Waals surface area contributed by atoms with Crippen molar-refractivity contribution in [3.63, 3.8) is 0 Å². The predicted octanol–water partition coefficient (Wildman–Crippen LogP) is 9.55. The normalized spacial score (nSPS) is 19.5. The first-order valence-electron chi connectivity index (χ1n) is 24.0. The number of hydrogen-bond donors (Lipinski definition) is 5. The van der Waals surface area contributed by atoms with Crippen molar-refractivity contribution in [3.05, 3.63) is 102 Å². The molecule has 4 aromatic carbocycles. The molecule has 5 N–H and O–H groups in total. The summed E-state index contributed by atoms with van der Waals surface area (Å²) in [6.07, 6.45) is 2.77. The average Bonchev–Trinajstić information content (AvgIpc) is 3.76. The molecule has 4 amide bonds. The van der Waals surface area contributed by atoms with Crippen LogP contribution in [0, 0.1) is 11.3 Å². The second-order valence-corrected chi connectivity index (χ2v) is 25.3. The summed E-state index contributed by atoms with van der Waals surface area (Å²) in [5.74, 6) is 0.444. The average molecular weight is 947 g/mol. The third kappa shape index (κ3) is 12.7. The van der Waals surface area contributed by atoms with E-state index in [1.54, 1.807) is 17.0 Å². The molecule has 0 spiro atoms. The van der Waals surface area contributed by atoms with Gasteiger partial charge in [0, 0.05) is 76.0 Å². The Morgan fingerprint density at radius 2 is 1.75 bits per heavy atom. The third-order valence-electron chi connectivity index (χ3n) is 14.3. The number of benzene rings is 4. The number of anilines is 3. The lowest BCUT2D eigenvalue weighted by atomic mass is 9.83. The third-order valence-corrected chi connectivity index (χ3v) is 18.8. The molecular weight excluding hydrogens is 877 g/mol. The minimum Gasteiger partial charge on any atom is -0.506 e. The van der Waals surface area contributed by atoms with Crippen LogP contribution in [0.5, 0.6) is 11.5 Å². The summed E-state index contributed by atoms with van der Waals surface area (Å²) in [5, 5.41) is 22.7. The van der Waals surface area contributed by atoms with Crippen molar-refractivity contribution in [2.75, 3.05) is 62.3 Å². The number of para-hydroxylation sites is 1. The van der Waals surface area contributed by atoms with Crippen LogP contribution < -0.4 is 26.0 Å². The fraction of sp³-hybridized carbons (Fsp3) is 0.472. The molecule has 3 aliphatic rings. The molecule has 1 saturated carbocycles. The lowest BCUT2D eigenvalue weighted by Gasteiger charge is -2.40. The molecule has 0 radical (unpaired) electrons. The van der Waals surface area contributed by atoms with E-state index in [4.69, 9.17) is 13.9 Å². The van der Waals surface area contributed by atoms with E-state index in [9.17, 15) is 24.3 Å². The van der Waals surface area contributed by atoms with E-state index < -0.39 is 20.5 Å². The van der Waals surface area contributed by atoms with Crippen LogP contribution in [0.3, 0.4) is 0 Å². The summed E-state index contributed by atoms with van der Waals surface area (Å²) in [7, 11) is -0.434. The van der Waals surface area contributed by atoms with Crippen molar-refractivity contribution >= 4 is 49.2 Å². The zero-order valence-electron chi connectivity index (χ0n) is 40.8. The van der Waals surface area contributed by atoms with Crippen LogP contribution in [-0.2, 0) is 30.1 Å². The van der Waals surface area contributed by atoms with Crippen LogP contribution in [0.1, 0.15) is 83.5 Å². The van der Waals surface area contributed by atoms with Gasteiger partial charge in [-0.05, 0) is 96.6 Å². The van der Waals surface area contributed by atoms with Gasteiger partial charge in [0.15, 0.2) is 20.7 Å². The van der Waals surface area contributed by atoms with Gasteiger partial charge < -0.3 is 44.8 Å². The first-order chi connectivity index (χ1) is 32.4. The van der Waals surface area contributed by atoms with Gasteiger partial charge in [-0.3, -0.25) is 19.7 Å². The number of phenolic OH excluding ortho intramolecular Hbond substituents is 1. The summed E-state index contributed by atoms with van der Waals surface area (Å²) in [6, 6.07) is 28.8. The number of aromatic hydroxyl groups is 1. The molecule has 2 heterocycles. The Balaban J connectivity index is 0.798. The minimum absolute atomic E-state index is 0.0267. The van der Waals surface area contributed by atoms with Crippen molar-refractivity contribution in [1.29, 1.82) is 0 Å². The summed E-state index contributed by atoms with van der Waals surface area (Å²) >= 11 is 0. The van der Waals surface area contributed by atoms with Crippen molar-refractivity contribution in [3.8, 4) is 22.6 Å². The van der Waals surface area contributed by atoms with E-state index in [1.165, 1.54) is 0 Å². The molecular formula is C53H70N6O8Si. The molecule has 0 aromatic heterocycles. The van der Waals surface area contributed by atoms with E-state index in [-0.39, 0.29) is 52.3 Å². The van der Waals surface area contributed by atoms with E-state index in [2.05, 4.69) is 67.0 Å². The van der Waals surface area contributed by atoms with Crippen LogP contribution in [-0.4, -0.2) is 99.5 Å². The molecule has 364 valence electrons. The van der Waals surface area contributed by atoms with E-state index >= 15 is 0 Å². The zero-order chi connectivity index (χ0) is 48.6. The maximum absolute atomic E-state index is 13.1. The number of amides is 4. The Morgan fingerprint density at radius 1 is 0.985 bits per heavy atom. The molecule has 2 aliphatic heterocycles. The van der Waals surface area contributed by atoms with Gasteiger partial charge >= 0.3 is 6.09 Å². The molecule has 7 rings (SSSR count). The Labute approximate surface area is 402 Å². The van der Waals surface area contributed by atoms with Gasteiger partial charge in [0.05, 0.1) is 11.8 Å². The summed E-state index contributed by atoms with van der Waals surface area (Å²) in [6.45, 7) is 17.0. The molecule has 1 saturated heterocycles. The van der Waals surface area contributed by atoms with Gasteiger partial charge in [0.2, 0.25) is 11.8 Å². The Morgan fingerprint density at radius 3 is 2.51 bits per heavy atom. The number of unbranched alkanes of at least 4 members (excludes halogenated alkanes) is 1. The first-order valence-corrected chi connectivity index (χ1v) is 26.9. The number of carbonyl (C=O) groups is 4. The van der Waals surface area contributed by atoms with Crippen LogP contribution in [0.15, 0.2) is 91.0 Å². The second kappa shape index (κ2) is 21.7. The molecule has 0 unspecified atom stereocenters. The van der Waals surface area contributed by atoms with Crippen molar-refractivity contribution in [1.82, 2.24) is 15.1 Å². The van der Waals surface area contributed by atoms with Gasteiger partial charge in [-0.1, -0.05) is 88.4 Å². The topological polar surface area (TPSA) is 171 Å². The van der Waals surface area contributed by atoms with Crippen LogP contribution in [0.2, 0.25) is 18.1 Å². The number of nitrogens with zero attached hydrogens (tertiary/aromatic N) is 2. The highest BCUT2D eigenvalue weighted by atomic mass is 28.4. The fourth-order valence-corrected chi connectivity index (χ4v) is 10.7. The highest BCUT2D eigenvalue weighted by molar-refractivity contribution is 6.74. The van der Waals surface area contributed by atoms with Gasteiger partial charge in [0.25, 0.3) is 5.91 Å². The number of likely N-dealkylation sites (tertiary alicyclic amines) is 1. The summed E-state index contributed by atoms with van der Waals surface area (Å²) in [5.41, 5.74) is 5.42. The Bertz CT molecular complexity index is 2430. The number of nitrogens with one attached hydrogen (secondary N) is 4. The monoisotopic (exact) mass is 947 g/mol. The van der Waals surface area contributed by atoms with Gasteiger partial charge in [-0.25, -0.2) is 4.79 Å². The number of rotatable bonds is 19. The predicted molar refractivity (Wildman–Crippen MR) is 269 cm³/mol. The molecule has 4 atom stereocenters. The molecule has 2 fully saturated rings. The lowest BCUT2D eigenvalue weighted by Crippen LogP contribution is -2.43. The van der Waals surface area contributed by atoms with Crippen molar-refractivity contribution in [2.45, 2.75) is 103 Å². The van der Waals surface area contributed by atoms with E-state index in [1.807, 2.05) is 85.9 Å². The first kappa shape index (κ1) is 50.1. The molecule has 15 heteroatoms. The van der Waals surface area contributed by atoms with Gasteiger partial charge in [0.1, 0.15) is 17.5 Å². The minimum atomic E-state index is -2.27. The molecule has 1 aliphatic carbocycles. The van der Waals surface area contributed by atoms with E-state index in [0.717, 1.165) is 60.3 Å². The Hall–Kier alpha value is -5.74. The standard InChI is InChI=1S/C53H70N6O8Si/c1-52(2,3)68(6,7)67-45(42-23-24-44(60)49-50(42)65-34-47(62)57-49)32-54-31-36-16-15-19-39(28-36)55-46(61)22-13-14-26-58(5)48(63)25-27-59-33-38-29-40(30-53(38,4)35-59)66-51(64)56-43-21-12-11-20-41(43)37-17-9-8-10-18-37/h8-12,15-21,23-24,28,38,40,45,54,60H,13-14,22,25-27,29-35H2,1-7H3,(H,55,61)(H,56,64)(H,57,62)/t38-,40+,45-,53+/m0/s1. The maximum Gasteiger partial charge on any atom is 0.411 e. The smallest absolute Gasteiger partial charge is 0.411 e. The number of phenols is 1. The fourth-order valence-electron chi connectivity index (χ4n) is 9.47. The van der Waals surface area contributed by atoms with Gasteiger partial charge in [-0.2, -0.15) is 0 Å². The SMILES string of the molecule is CN(CCCCC(=O)Nc1cccc(CNC[C@H](O[Si](C)(C)C(C)(C)C)c2ccc(O)c3c2OCC(=O)N3)c1)C(=O)CCN1C[C@@H]2C[C@@H](OC(=O)Nc3ccccc3-c3ccccc3)C[C@]2(C)C1. The number of ether oxygens (including phenoxy) is 2. The molecule has 0 bridgehead atoms. The quantitative estimate of drug-likeness (QED) is 0.0347. The van der Waals surface area contributed by atoms with Gasteiger partial charge in [-0.15, -0.1) is 0 Å². The maximum atomic E-state index is 13.1. The van der Waals surface area contributed by atoms with Crippen LogP contribution in [0.25, 0.3) is 11.1 Å². The second-order valence-electron chi connectivity index (χ2n) is 20.6. The van der Waals surface area contributed by atoms with E-state index in [0.29, 0.717) is 62.8 Å². The lowest BCUT2D eigenvalue weighted by molar-refractivity contribution is -0.130. The number of carbonyl (C=O) groups excluding carboxylic acids is 4. The molecule has 4 aromatic rings. The Kier molecular flexibility index (Phi) is 16.0. The molecule has 14 nitrogen and oxygen atoms in total. The van der Waals surface area contributed by atoms with Crippen molar-refractivity contribution in [2.24, 2.45) is 11.3 Å². The highest BCUT2D eigenvalue weighted by Gasteiger charge is 2.51. The van der Waals surface area contributed by atoms with Crippen LogP contribution in [0.4, 0.5) is 21.9 Å².